The van der Waals surface area contributed by atoms with Crippen LogP contribution in [-0.2, 0) is 4.79 Å². The Hall–Kier alpha value is -1.85. The number of aliphatic carboxylic acids is 1. The summed E-state index contributed by atoms with van der Waals surface area (Å²) < 4.78 is 0. The molecule has 1 aromatic rings. The predicted molar refractivity (Wildman–Crippen MR) is 61.7 cm³/mol. The molecule has 6 heteroatoms. The smallest absolute Gasteiger partial charge is 0.323 e. The summed E-state index contributed by atoms with van der Waals surface area (Å²) in [5.74, 6) is -1.17. The second-order valence-electron chi connectivity index (χ2n) is 4.41. The van der Waals surface area contributed by atoms with Gasteiger partial charge in [0.2, 0.25) is 0 Å². The lowest BCUT2D eigenvalue weighted by molar-refractivity contribution is -0.137. The SMILES string of the molecule is Cc1cc(C(=O)N(CC(=O)O)CC(C)C)n[nH]1. The number of amides is 1. The minimum atomic E-state index is -1.02. The normalized spacial score (nSPS) is 10.6. The third kappa shape index (κ3) is 3.90. The highest BCUT2D eigenvalue weighted by Crippen LogP contribution is 2.06. The zero-order chi connectivity index (χ0) is 13.0. The van der Waals surface area contributed by atoms with Crippen molar-refractivity contribution >= 4 is 11.9 Å². The molecule has 1 heterocycles. The van der Waals surface area contributed by atoms with Crippen LogP contribution in [0, 0.1) is 12.8 Å². The van der Waals surface area contributed by atoms with Crippen molar-refractivity contribution < 1.29 is 14.7 Å². The number of carbonyl (C=O) groups is 2. The van der Waals surface area contributed by atoms with Gasteiger partial charge in [-0.1, -0.05) is 13.8 Å². The number of aromatic amines is 1. The lowest BCUT2D eigenvalue weighted by atomic mass is 10.2. The minimum Gasteiger partial charge on any atom is -0.480 e. The van der Waals surface area contributed by atoms with Crippen molar-refractivity contribution in [1.82, 2.24) is 15.1 Å². The highest BCUT2D eigenvalue weighted by molar-refractivity contribution is 5.94. The van der Waals surface area contributed by atoms with Crippen LogP contribution in [0.4, 0.5) is 0 Å². The fourth-order valence-corrected chi connectivity index (χ4v) is 1.51. The Morgan fingerprint density at radius 1 is 1.53 bits per heavy atom. The van der Waals surface area contributed by atoms with Crippen molar-refractivity contribution in [1.29, 1.82) is 0 Å². The molecule has 0 saturated carbocycles. The maximum atomic E-state index is 12.0. The molecule has 1 amide bonds. The van der Waals surface area contributed by atoms with Crippen LogP contribution in [0.3, 0.4) is 0 Å². The number of rotatable bonds is 5. The Bertz CT molecular complexity index is 412. The molecule has 0 fully saturated rings. The van der Waals surface area contributed by atoms with Crippen LogP contribution in [0.5, 0.6) is 0 Å². The first-order valence-corrected chi connectivity index (χ1v) is 5.43. The summed E-state index contributed by atoms with van der Waals surface area (Å²) in [7, 11) is 0. The summed E-state index contributed by atoms with van der Waals surface area (Å²) in [6, 6.07) is 1.61. The number of carboxylic acids is 1. The summed E-state index contributed by atoms with van der Waals surface area (Å²) in [5, 5.41) is 15.3. The molecule has 2 N–H and O–H groups in total. The van der Waals surface area contributed by atoms with E-state index in [4.69, 9.17) is 5.11 Å². The van der Waals surface area contributed by atoms with Gasteiger partial charge in [-0.05, 0) is 18.9 Å². The number of aryl methyl sites for hydroxylation is 1. The van der Waals surface area contributed by atoms with Crippen LogP contribution in [0.15, 0.2) is 6.07 Å². The molecule has 0 saturated heterocycles. The van der Waals surface area contributed by atoms with Crippen LogP contribution in [0.25, 0.3) is 0 Å². The molecule has 0 spiro atoms. The molecular weight excluding hydrogens is 222 g/mol. The topological polar surface area (TPSA) is 86.3 Å². The van der Waals surface area contributed by atoms with Crippen molar-refractivity contribution in [2.75, 3.05) is 13.1 Å². The van der Waals surface area contributed by atoms with Gasteiger partial charge in [0.25, 0.3) is 5.91 Å². The average Bonchev–Trinajstić information content (AvgIpc) is 2.61. The van der Waals surface area contributed by atoms with Crippen LogP contribution < -0.4 is 0 Å². The molecule has 0 aromatic carbocycles. The van der Waals surface area contributed by atoms with E-state index in [1.807, 2.05) is 13.8 Å². The minimum absolute atomic E-state index is 0.207. The van der Waals surface area contributed by atoms with E-state index in [1.165, 1.54) is 4.90 Å². The third-order valence-electron chi connectivity index (χ3n) is 2.12. The number of aromatic nitrogens is 2. The highest BCUT2D eigenvalue weighted by atomic mass is 16.4. The number of nitrogens with zero attached hydrogens (tertiary/aromatic N) is 2. The third-order valence-corrected chi connectivity index (χ3v) is 2.12. The molecule has 6 nitrogen and oxygen atoms in total. The summed E-state index contributed by atoms with van der Waals surface area (Å²) in [5.41, 5.74) is 1.03. The van der Waals surface area contributed by atoms with Gasteiger partial charge in [-0.3, -0.25) is 14.7 Å². The first-order chi connectivity index (χ1) is 7.90. The van der Waals surface area contributed by atoms with Crippen molar-refractivity contribution in [3.63, 3.8) is 0 Å². The van der Waals surface area contributed by atoms with E-state index in [-0.39, 0.29) is 24.1 Å². The molecule has 0 aliphatic carbocycles. The molecule has 1 aromatic heterocycles. The first kappa shape index (κ1) is 13.2. The van der Waals surface area contributed by atoms with E-state index in [0.717, 1.165) is 5.69 Å². The number of H-pyrrole nitrogens is 1. The van der Waals surface area contributed by atoms with Gasteiger partial charge in [0.15, 0.2) is 0 Å². The highest BCUT2D eigenvalue weighted by Gasteiger charge is 2.21. The fourth-order valence-electron chi connectivity index (χ4n) is 1.51. The van der Waals surface area contributed by atoms with E-state index in [0.29, 0.717) is 6.54 Å². The molecule has 0 aliphatic rings. The van der Waals surface area contributed by atoms with E-state index in [9.17, 15) is 9.59 Å². The lowest BCUT2D eigenvalue weighted by Crippen LogP contribution is -2.38. The van der Waals surface area contributed by atoms with Gasteiger partial charge in [-0.2, -0.15) is 5.10 Å². The molecule has 0 unspecified atom stereocenters. The van der Waals surface area contributed by atoms with Crippen molar-refractivity contribution in [3.05, 3.63) is 17.5 Å². The maximum absolute atomic E-state index is 12.0. The molecule has 0 bridgehead atoms. The van der Waals surface area contributed by atoms with Gasteiger partial charge in [-0.25, -0.2) is 0 Å². The number of carbonyl (C=O) groups excluding carboxylic acids is 1. The molecular formula is C11H17N3O3. The zero-order valence-electron chi connectivity index (χ0n) is 10.2. The molecule has 1 rings (SSSR count). The van der Waals surface area contributed by atoms with Gasteiger partial charge >= 0.3 is 5.97 Å². The Morgan fingerprint density at radius 3 is 2.59 bits per heavy atom. The maximum Gasteiger partial charge on any atom is 0.323 e. The van der Waals surface area contributed by atoms with E-state index >= 15 is 0 Å². The molecule has 0 radical (unpaired) electrons. The van der Waals surface area contributed by atoms with E-state index in [2.05, 4.69) is 10.2 Å². The predicted octanol–water partition coefficient (Wildman–Crippen LogP) is 0.901. The van der Waals surface area contributed by atoms with E-state index in [1.54, 1.807) is 13.0 Å². The van der Waals surface area contributed by atoms with Gasteiger partial charge < -0.3 is 10.0 Å². The van der Waals surface area contributed by atoms with Crippen LogP contribution in [0.2, 0.25) is 0 Å². The number of hydrogen-bond acceptors (Lipinski definition) is 3. The quantitative estimate of drug-likeness (QED) is 0.799. The fraction of sp³-hybridized carbons (Fsp3) is 0.545. The molecule has 94 valence electrons. The number of nitrogens with one attached hydrogen (secondary N) is 1. The van der Waals surface area contributed by atoms with Crippen LogP contribution in [-0.4, -0.2) is 45.2 Å². The molecule has 17 heavy (non-hydrogen) atoms. The average molecular weight is 239 g/mol. The Labute approximate surface area is 99.6 Å². The van der Waals surface area contributed by atoms with Gasteiger partial charge in [0, 0.05) is 12.2 Å². The zero-order valence-corrected chi connectivity index (χ0v) is 10.2. The van der Waals surface area contributed by atoms with Crippen molar-refractivity contribution in [3.8, 4) is 0 Å². The van der Waals surface area contributed by atoms with Crippen LogP contribution in [0.1, 0.15) is 30.0 Å². The molecule has 0 atom stereocenters. The lowest BCUT2D eigenvalue weighted by Gasteiger charge is -2.21. The number of hydrogen-bond donors (Lipinski definition) is 2. The second kappa shape index (κ2) is 5.47. The number of carboxylic acid groups (broad SMARTS) is 1. The summed E-state index contributed by atoms with van der Waals surface area (Å²) in [6.07, 6.45) is 0. The Balaban J connectivity index is 2.82. The molecule has 0 aliphatic heterocycles. The standard InChI is InChI=1S/C11H17N3O3/c1-7(2)5-14(6-10(15)16)11(17)9-4-8(3)12-13-9/h4,7H,5-6H2,1-3H3,(H,12,13)(H,15,16). The van der Waals surface area contributed by atoms with Crippen molar-refractivity contribution in [2.45, 2.75) is 20.8 Å². The van der Waals surface area contributed by atoms with Crippen LogP contribution >= 0.6 is 0 Å². The Kier molecular flexibility index (Phi) is 4.25. The van der Waals surface area contributed by atoms with Gasteiger partial charge in [0.1, 0.15) is 12.2 Å². The summed E-state index contributed by atoms with van der Waals surface area (Å²) in [6.45, 7) is 5.74. The Morgan fingerprint density at radius 2 is 2.18 bits per heavy atom. The monoisotopic (exact) mass is 239 g/mol. The van der Waals surface area contributed by atoms with Crippen molar-refractivity contribution in [2.24, 2.45) is 5.92 Å². The van der Waals surface area contributed by atoms with E-state index < -0.39 is 5.97 Å². The second-order valence-corrected chi connectivity index (χ2v) is 4.41. The van der Waals surface area contributed by atoms with Gasteiger partial charge in [0.05, 0.1) is 0 Å². The van der Waals surface area contributed by atoms with Gasteiger partial charge in [-0.15, -0.1) is 0 Å². The largest absolute Gasteiger partial charge is 0.480 e. The summed E-state index contributed by atoms with van der Waals surface area (Å²) >= 11 is 0. The summed E-state index contributed by atoms with van der Waals surface area (Å²) in [4.78, 5) is 24.0. The first-order valence-electron chi connectivity index (χ1n) is 5.43.